The third kappa shape index (κ3) is 1.34. The minimum absolute atomic E-state index is 1.01. The maximum Gasteiger partial charge on any atom is 0.0494 e. The van der Waals surface area contributed by atoms with Crippen LogP contribution in [-0.2, 0) is 20.0 Å². The van der Waals surface area contributed by atoms with E-state index in [9.17, 15) is 0 Å². The molecule has 15 heavy (non-hydrogen) atoms. The van der Waals surface area contributed by atoms with Crippen molar-refractivity contribution in [1.82, 2.24) is 9.88 Å². The molecule has 0 radical (unpaired) electrons. The Balaban J connectivity index is 2.38. The molecule has 0 aliphatic carbocycles. The summed E-state index contributed by atoms with van der Waals surface area (Å²) in [6.07, 6.45) is 1.14. The first kappa shape index (κ1) is 9.43. The summed E-state index contributed by atoms with van der Waals surface area (Å²) >= 11 is 3.53. The second-order valence-corrected chi connectivity index (χ2v) is 4.99. The van der Waals surface area contributed by atoms with Gasteiger partial charge in [0.1, 0.15) is 0 Å². The van der Waals surface area contributed by atoms with Crippen LogP contribution in [0.3, 0.4) is 0 Å². The van der Waals surface area contributed by atoms with Crippen molar-refractivity contribution < 1.29 is 0 Å². The summed E-state index contributed by atoms with van der Waals surface area (Å²) in [6, 6.07) is 6.54. The van der Waals surface area contributed by atoms with Gasteiger partial charge in [-0.3, -0.25) is 0 Å². The van der Waals surface area contributed by atoms with Gasteiger partial charge in [-0.25, -0.2) is 0 Å². The van der Waals surface area contributed by atoms with Crippen molar-refractivity contribution in [2.75, 3.05) is 6.54 Å². The topological polar surface area (TPSA) is 17.0 Å². The van der Waals surface area contributed by atoms with Gasteiger partial charge in [-0.05, 0) is 17.7 Å². The number of aromatic nitrogens is 1. The van der Waals surface area contributed by atoms with Crippen LogP contribution < -0.4 is 5.32 Å². The molecule has 2 aromatic rings. The van der Waals surface area contributed by atoms with E-state index in [2.05, 4.69) is 51.1 Å². The smallest absolute Gasteiger partial charge is 0.0494 e. The Labute approximate surface area is 97.4 Å². The molecule has 1 aromatic heterocycles. The van der Waals surface area contributed by atoms with E-state index in [0.29, 0.717) is 0 Å². The largest absolute Gasteiger partial charge is 0.347 e. The average Bonchev–Trinajstić information content (AvgIpc) is 2.54. The zero-order chi connectivity index (χ0) is 10.4. The Morgan fingerprint density at radius 3 is 3.13 bits per heavy atom. The van der Waals surface area contributed by atoms with Crippen LogP contribution in [0, 0.1) is 0 Å². The van der Waals surface area contributed by atoms with Gasteiger partial charge in [-0.2, -0.15) is 0 Å². The van der Waals surface area contributed by atoms with Crippen molar-refractivity contribution in [3.05, 3.63) is 33.9 Å². The van der Waals surface area contributed by atoms with Crippen LogP contribution in [0.15, 0.2) is 22.7 Å². The number of rotatable bonds is 0. The summed E-state index contributed by atoms with van der Waals surface area (Å²) in [5.41, 5.74) is 4.30. The van der Waals surface area contributed by atoms with Crippen molar-refractivity contribution >= 4 is 26.8 Å². The number of hydrogen-bond acceptors (Lipinski definition) is 1. The zero-order valence-electron chi connectivity index (χ0n) is 8.68. The Kier molecular flexibility index (Phi) is 2.11. The monoisotopic (exact) mass is 264 g/mol. The standard InChI is InChI=1S/C12H13BrN2/c1-15-11-4-5-14-7-10(11)9-3-2-8(13)6-12(9)15/h2-3,6,14H,4-5,7H2,1H3. The van der Waals surface area contributed by atoms with E-state index in [4.69, 9.17) is 0 Å². The summed E-state index contributed by atoms with van der Waals surface area (Å²) < 4.78 is 3.48. The first-order valence-corrected chi connectivity index (χ1v) is 6.03. The van der Waals surface area contributed by atoms with E-state index < -0.39 is 0 Å². The molecule has 1 aromatic carbocycles. The highest BCUT2D eigenvalue weighted by Crippen LogP contribution is 2.29. The van der Waals surface area contributed by atoms with Crippen LogP contribution >= 0.6 is 15.9 Å². The highest BCUT2D eigenvalue weighted by Gasteiger charge is 2.17. The SMILES string of the molecule is Cn1c2c(c3ccc(Br)cc31)CNCC2. The van der Waals surface area contributed by atoms with Gasteiger partial charge in [0.15, 0.2) is 0 Å². The van der Waals surface area contributed by atoms with E-state index in [1.165, 1.54) is 22.2 Å². The Bertz CT molecular complexity index is 528. The first-order valence-electron chi connectivity index (χ1n) is 5.24. The zero-order valence-corrected chi connectivity index (χ0v) is 10.3. The third-order valence-electron chi connectivity index (χ3n) is 3.24. The molecule has 0 atom stereocenters. The fourth-order valence-electron chi connectivity index (χ4n) is 2.48. The molecule has 2 heterocycles. The average molecular weight is 265 g/mol. The van der Waals surface area contributed by atoms with Crippen molar-refractivity contribution in [1.29, 1.82) is 0 Å². The number of hydrogen-bond donors (Lipinski definition) is 1. The normalized spacial score (nSPS) is 15.6. The van der Waals surface area contributed by atoms with E-state index in [1.54, 1.807) is 0 Å². The molecule has 0 saturated heterocycles. The summed E-state index contributed by atoms with van der Waals surface area (Å²) in [7, 11) is 2.17. The second kappa shape index (κ2) is 3.35. The van der Waals surface area contributed by atoms with Crippen LogP contribution in [0.1, 0.15) is 11.3 Å². The number of halogens is 1. The fraction of sp³-hybridized carbons (Fsp3) is 0.333. The Morgan fingerprint density at radius 2 is 2.27 bits per heavy atom. The van der Waals surface area contributed by atoms with Gasteiger partial charge in [0.05, 0.1) is 0 Å². The van der Waals surface area contributed by atoms with Crippen molar-refractivity contribution in [2.24, 2.45) is 7.05 Å². The molecular formula is C12H13BrN2. The quantitative estimate of drug-likeness (QED) is 0.774. The molecule has 1 aliphatic rings. The minimum atomic E-state index is 1.01. The predicted octanol–water partition coefficient (Wildman–Crippen LogP) is 2.59. The maximum absolute atomic E-state index is 3.53. The molecular weight excluding hydrogens is 252 g/mol. The van der Waals surface area contributed by atoms with E-state index >= 15 is 0 Å². The fourth-order valence-corrected chi connectivity index (χ4v) is 2.83. The predicted molar refractivity (Wildman–Crippen MR) is 66.0 cm³/mol. The lowest BCUT2D eigenvalue weighted by molar-refractivity contribution is 0.622. The summed E-state index contributed by atoms with van der Waals surface area (Å²) in [5, 5.41) is 4.83. The lowest BCUT2D eigenvalue weighted by Crippen LogP contribution is -2.24. The summed E-state index contributed by atoms with van der Waals surface area (Å²) in [6.45, 7) is 2.10. The summed E-state index contributed by atoms with van der Waals surface area (Å²) in [4.78, 5) is 0. The van der Waals surface area contributed by atoms with E-state index in [0.717, 1.165) is 24.0 Å². The van der Waals surface area contributed by atoms with Gasteiger partial charge in [0, 0.05) is 47.6 Å². The van der Waals surface area contributed by atoms with Crippen LogP contribution in [0.25, 0.3) is 10.9 Å². The number of benzene rings is 1. The van der Waals surface area contributed by atoms with Gasteiger partial charge in [-0.1, -0.05) is 22.0 Å². The molecule has 0 saturated carbocycles. The Hall–Kier alpha value is -0.800. The number of fused-ring (bicyclic) bond motifs is 3. The van der Waals surface area contributed by atoms with Crippen molar-refractivity contribution in [3.8, 4) is 0 Å². The molecule has 2 nitrogen and oxygen atoms in total. The molecule has 1 N–H and O–H groups in total. The van der Waals surface area contributed by atoms with Crippen LogP contribution in [0.4, 0.5) is 0 Å². The number of aryl methyl sites for hydroxylation is 1. The minimum Gasteiger partial charge on any atom is -0.347 e. The lowest BCUT2D eigenvalue weighted by Gasteiger charge is -2.14. The Morgan fingerprint density at radius 1 is 1.40 bits per heavy atom. The van der Waals surface area contributed by atoms with Crippen molar-refractivity contribution in [3.63, 3.8) is 0 Å². The van der Waals surface area contributed by atoms with E-state index in [1.807, 2.05) is 0 Å². The van der Waals surface area contributed by atoms with Crippen molar-refractivity contribution in [2.45, 2.75) is 13.0 Å². The third-order valence-corrected chi connectivity index (χ3v) is 3.73. The highest BCUT2D eigenvalue weighted by molar-refractivity contribution is 9.10. The molecule has 78 valence electrons. The molecule has 0 bridgehead atoms. The van der Waals surface area contributed by atoms with Gasteiger partial charge >= 0.3 is 0 Å². The van der Waals surface area contributed by atoms with Gasteiger partial charge < -0.3 is 9.88 Å². The van der Waals surface area contributed by atoms with Crippen LogP contribution in [0.5, 0.6) is 0 Å². The molecule has 3 heteroatoms. The first-order chi connectivity index (χ1) is 7.27. The summed E-state index contributed by atoms with van der Waals surface area (Å²) in [5.74, 6) is 0. The lowest BCUT2D eigenvalue weighted by atomic mass is 10.1. The molecule has 3 rings (SSSR count). The molecule has 0 unspecified atom stereocenters. The van der Waals surface area contributed by atoms with Gasteiger partial charge in [0.2, 0.25) is 0 Å². The molecule has 0 fully saturated rings. The van der Waals surface area contributed by atoms with Crippen LogP contribution in [-0.4, -0.2) is 11.1 Å². The second-order valence-electron chi connectivity index (χ2n) is 4.07. The van der Waals surface area contributed by atoms with E-state index in [-0.39, 0.29) is 0 Å². The number of nitrogens with zero attached hydrogens (tertiary/aromatic N) is 1. The maximum atomic E-state index is 3.53. The highest BCUT2D eigenvalue weighted by atomic mass is 79.9. The molecule has 1 aliphatic heterocycles. The van der Waals surface area contributed by atoms with Gasteiger partial charge in [0.25, 0.3) is 0 Å². The number of nitrogens with one attached hydrogen (secondary N) is 1. The van der Waals surface area contributed by atoms with Crippen LogP contribution in [0.2, 0.25) is 0 Å². The molecule has 0 spiro atoms. The van der Waals surface area contributed by atoms with Gasteiger partial charge in [-0.15, -0.1) is 0 Å². The molecule has 0 amide bonds.